The van der Waals surface area contributed by atoms with Gasteiger partial charge in [0.25, 0.3) is 0 Å². The largest absolute Gasteiger partial charge is 0.497 e. The van der Waals surface area contributed by atoms with E-state index in [1.54, 1.807) is 7.11 Å². The Morgan fingerprint density at radius 3 is 2.37 bits per heavy atom. The van der Waals surface area contributed by atoms with Crippen molar-refractivity contribution in [3.63, 3.8) is 0 Å². The standard InChI is InChI=1S/C19H20F2N2O3S/c1-26-15-5-2-13(3-6-15)8-9-22-18(24)11-27-12-19(25)23-14-4-7-16(20)17(21)10-14/h2-7,10H,8-9,11-12H2,1H3,(H,22,24)(H,23,25). The predicted molar refractivity (Wildman–Crippen MR) is 102 cm³/mol. The number of hydrogen-bond acceptors (Lipinski definition) is 4. The van der Waals surface area contributed by atoms with Crippen LogP contribution in [0.15, 0.2) is 42.5 Å². The van der Waals surface area contributed by atoms with Gasteiger partial charge in [-0.2, -0.15) is 0 Å². The number of amides is 2. The molecule has 0 saturated heterocycles. The first-order chi connectivity index (χ1) is 13.0. The summed E-state index contributed by atoms with van der Waals surface area (Å²) in [4.78, 5) is 23.5. The molecule has 2 N–H and O–H groups in total. The summed E-state index contributed by atoms with van der Waals surface area (Å²) >= 11 is 1.14. The number of halogens is 2. The summed E-state index contributed by atoms with van der Waals surface area (Å²) in [5, 5.41) is 5.23. The first-order valence-corrected chi connectivity index (χ1v) is 9.35. The Morgan fingerprint density at radius 2 is 1.70 bits per heavy atom. The fourth-order valence-corrected chi connectivity index (χ4v) is 2.84. The zero-order valence-corrected chi connectivity index (χ0v) is 15.6. The lowest BCUT2D eigenvalue weighted by Gasteiger charge is -2.07. The molecular weight excluding hydrogens is 374 g/mol. The second kappa shape index (κ2) is 10.5. The molecular formula is C19H20F2N2O3S. The summed E-state index contributed by atoms with van der Waals surface area (Å²) in [6.07, 6.45) is 0.691. The Morgan fingerprint density at radius 1 is 1.00 bits per heavy atom. The van der Waals surface area contributed by atoms with E-state index in [0.29, 0.717) is 13.0 Å². The molecule has 0 spiro atoms. The van der Waals surface area contributed by atoms with Crippen LogP contribution in [0.2, 0.25) is 0 Å². The van der Waals surface area contributed by atoms with Crippen molar-refractivity contribution in [1.29, 1.82) is 0 Å². The van der Waals surface area contributed by atoms with Gasteiger partial charge in [-0.3, -0.25) is 9.59 Å². The van der Waals surface area contributed by atoms with E-state index in [0.717, 1.165) is 35.2 Å². The Balaban J connectivity index is 1.62. The van der Waals surface area contributed by atoms with Crippen molar-refractivity contribution in [1.82, 2.24) is 5.32 Å². The number of thioether (sulfide) groups is 1. The van der Waals surface area contributed by atoms with Crippen molar-refractivity contribution >= 4 is 29.3 Å². The average Bonchev–Trinajstić information content (AvgIpc) is 2.65. The van der Waals surface area contributed by atoms with Gasteiger partial charge in [-0.05, 0) is 36.2 Å². The maximum Gasteiger partial charge on any atom is 0.234 e. The minimum absolute atomic E-state index is 0.0326. The van der Waals surface area contributed by atoms with Gasteiger partial charge in [0.1, 0.15) is 5.75 Å². The van der Waals surface area contributed by atoms with E-state index in [1.807, 2.05) is 24.3 Å². The number of methoxy groups -OCH3 is 1. The summed E-state index contributed by atoms with van der Waals surface area (Å²) in [6, 6.07) is 10.7. The van der Waals surface area contributed by atoms with Crippen LogP contribution in [-0.2, 0) is 16.0 Å². The van der Waals surface area contributed by atoms with Gasteiger partial charge in [-0.25, -0.2) is 8.78 Å². The van der Waals surface area contributed by atoms with Crippen LogP contribution in [0.25, 0.3) is 0 Å². The fraction of sp³-hybridized carbons (Fsp3) is 0.263. The monoisotopic (exact) mass is 394 g/mol. The molecule has 2 rings (SSSR count). The number of anilines is 1. The molecule has 0 aliphatic carbocycles. The molecule has 0 fully saturated rings. The molecule has 0 bridgehead atoms. The third-order valence-electron chi connectivity index (χ3n) is 3.56. The van der Waals surface area contributed by atoms with Gasteiger partial charge in [0, 0.05) is 18.3 Å². The van der Waals surface area contributed by atoms with Crippen molar-refractivity contribution in [3.05, 3.63) is 59.7 Å². The zero-order valence-electron chi connectivity index (χ0n) is 14.8. The van der Waals surface area contributed by atoms with Crippen LogP contribution in [0.1, 0.15) is 5.56 Å². The summed E-state index contributed by atoms with van der Waals surface area (Å²) in [6.45, 7) is 0.493. The van der Waals surface area contributed by atoms with Gasteiger partial charge in [-0.15, -0.1) is 11.8 Å². The molecule has 27 heavy (non-hydrogen) atoms. The number of ether oxygens (including phenoxy) is 1. The third kappa shape index (κ3) is 7.26. The topological polar surface area (TPSA) is 67.4 Å². The van der Waals surface area contributed by atoms with Crippen LogP contribution < -0.4 is 15.4 Å². The molecule has 5 nitrogen and oxygen atoms in total. The van der Waals surface area contributed by atoms with Gasteiger partial charge >= 0.3 is 0 Å². The van der Waals surface area contributed by atoms with E-state index in [9.17, 15) is 18.4 Å². The number of carbonyl (C=O) groups excluding carboxylic acids is 2. The van der Waals surface area contributed by atoms with E-state index in [1.165, 1.54) is 6.07 Å². The Hall–Kier alpha value is -2.61. The van der Waals surface area contributed by atoms with Crippen LogP contribution in [0.4, 0.5) is 14.5 Å². The first-order valence-electron chi connectivity index (χ1n) is 8.20. The van der Waals surface area contributed by atoms with Crippen molar-refractivity contribution < 1.29 is 23.1 Å². The number of benzene rings is 2. The molecule has 8 heteroatoms. The third-order valence-corrected chi connectivity index (χ3v) is 4.50. The highest BCUT2D eigenvalue weighted by molar-refractivity contribution is 8.00. The van der Waals surface area contributed by atoms with Gasteiger partial charge in [-0.1, -0.05) is 12.1 Å². The maximum absolute atomic E-state index is 13.1. The van der Waals surface area contributed by atoms with Gasteiger partial charge in [0.15, 0.2) is 11.6 Å². The highest BCUT2D eigenvalue weighted by atomic mass is 32.2. The number of carbonyl (C=O) groups is 2. The maximum atomic E-state index is 13.1. The molecule has 2 aromatic carbocycles. The van der Waals surface area contributed by atoms with Crippen molar-refractivity contribution in [2.24, 2.45) is 0 Å². The quantitative estimate of drug-likeness (QED) is 0.686. The van der Waals surface area contributed by atoms with Crippen molar-refractivity contribution in [3.8, 4) is 5.75 Å². The molecule has 0 aromatic heterocycles. The highest BCUT2D eigenvalue weighted by Gasteiger charge is 2.08. The molecule has 0 aliphatic heterocycles. The minimum Gasteiger partial charge on any atom is -0.497 e. The van der Waals surface area contributed by atoms with Gasteiger partial charge < -0.3 is 15.4 Å². The van der Waals surface area contributed by atoms with Crippen molar-refractivity contribution in [2.45, 2.75) is 6.42 Å². The molecule has 0 unspecified atom stereocenters. The zero-order chi connectivity index (χ0) is 19.6. The van der Waals surface area contributed by atoms with Crippen LogP contribution in [0, 0.1) is 11.6 Å². The summed E-state index contributed by atoms with van der Waals surface area (Å²) in [5.74, 6) is -1.63. The molecule has 0 saturated carbocycles. The molecule has 0 aliphatic rings. The van der Waals surface area contributed by atoms with Crippen LogP contribution in [0.3, 0.4) is 0 Å². The predicted octanol–water partition coefficient (Wildman–Crippen LogP) is 3.00. The Kier molecular flexibility index (Phi) is 8.06. The van der Waals surface area contributed by atoms with Gasteiger partial charge in [0.05, 0.1) is 18.6 Å². The first kappa shape index (κ1) is 20.7. The Bertz CT molecular complexity index is 785. The minimum atomic E-state index is -1.03. The number of rotatable bonds is 9. The average molecular weight is 394 g/mol. The van der Waals surface area contributed by atoms with E-state index in [2.05, 4.69) is 10.6 Å². The summed E-state index contributed by atoms with van der Waals surface area (Å²) in [5.41, 5.74) is 1.25. The lowest BCUT2D eigenvalue weighted by Crippen LogP contribution is -2.28. The SMILES string of the molecule is COc1ccc(CCNC(=O)CSCC(=O)Nc2ccc(F)c(F)c2)cc1. The highest BCUT2D eigenvalue weighted by Crippen LogP contribution is 2.14. The van der Waals surface area contributed by atoms with Crippen LogP contribution >= 0.6 is 11.8 Å². The summed E-state index contributed by atoms with van der Waals surface area (Å²) < 4.78 is 31.0. The van der Waals surface area contributed by atoms with E-state index in [4.69, 9.17) is 4.74 Å². The molecule has 2 amide bonds. The smallest absolute Gasteiger partial charge is 0.234 e. The van der Waals surface area contributed by atoms with Gasteiger partial charge in [0.2, 0.25) is 11.8 Å². The fourth-order valence-electron chi connectivity index (χ4n) is 2.20. The molecule has 0 heterocycles. The van der Waals surface area contributed by atoms with Crippen molar-refractivity contribution in [2.75, 3.05) is 30.5 Å². The van der Waals surface area contributed by atoms with Crippen LogP contribution in [-0.4, -0.2) is 37.0 Å². The number of hydrogen-bond donors (Lipinski definition) is 2. The lowest BCUT2D eigenvalue weighted by atomic mass is 10.1. The normalized spacial score (nSPS) is 10.3. The molecule has 144 valence electrons. The molecule has 0 radical (unpaired) electrons. The van der Waals surface area contributed by atoms with E-state index < -0.39 is 17.5 Å². The molecule has 0 atom stereocenters. The summed E-state index contributed by atoms with van der Waals surface area (Å²) in [7, 11) is 1.60. The second-order valence-corrected chi connectivity index (χ2v) is 6.60. The van der Waals surface area contributed by atoms with E-state index >= 15 is 0 Å². The number of nitrogens with one attached hydrogen (secondary N) is 2. The van der Waals surface area contributed by atoms with Crippen LogP contribution in [0.5, 0.6) is 5.75 Å². The van der Waals surface area contributed by atoms with E-state index in [-0.39, 0.29) is 23.1 Å². The lowest BCUT2D eigenvalue weighted by molar-refractivity contribution is -0.118. The molecule has 2 aromatic rings. The Labute approximate surface area is 160 Å². The second-order valence-electron chi connectivity index (χ2n) is 5.62.